The smallest absolute Gasteiger partial charge is 0.303 e. The molecule has 5 nitrogen and oxygen atoms in total. The number of benzene rings is 1. The van der Waals surface area contributed by atoms with E-state index in [-0.39, 0.29) is 18.3 Å². The maximum atomic E-state index is 12.2. The van der Waals surface area contributed by atoms with Crippen molar-refractivity contribution in [1.82, 2.24) is 0 Å². The SMILES string of the molecule is NC(=O)c1ccc(C=CC2CCC(=O)C2CCCCCCC(=O)O)cc1. The van der Waals surface area contributed by atoms with Crippen LogP contribution in [0.15, 0.2) is 30.3 Å². The van der Waals surface area contributed by atoms with E-state index >= 15 is 0 Å². The van der Waals surface area contributed by atoms with Crippen molar-refractivity contribution >= 4 is 23.7 Å². The first kappa shape index (κ1) is 19.9. The maximum absolute atomic E-state index is 12.2. The first-order valence-electron chi connectivity index (χ1n) is 9.30. The summed E-state index contributed by atoms with van der Waals surface area (Å²) in [6.07, 6.45) is 10.3. The predicted molar refractivity (Wildman–Crippen MR) is 101 cm³/mol. The average Bonchev–Trinajstić information content (AvgIpc) is 2.96. The zero-order valence-corrected chi connectivity index (χ0v) is 15.0. The Labute approximate surface area is 154 Å². The maximum Gasteiger partial charge on any atom is 0.303 e. The van der Waals surface area contributed by atoms with Crippen LogP contribution < -0.4 is 5.73 Å². The molecule has 0 aromatic heterocycles. The molecule has 0 saturated heterocycles. The van der Waals surface area contributed by atoms with Gasteiger partial charge < -0.3 is 10.8 Å². The number of aliphatic carboxylic acids is 1. The molecule has 0 radical (unpaired) electrons. The van der Waals surface area contributed by atoms with Crippen LogP contribution in [0.5, 0.6) is 0 Å². The van der Waals surface area contributed by atoms with Crippen molar-refractivity contribution in [2.24, 2.45) is 17.6 Å². The van der Waals surface area contributed by atoms with Crippen LogP contribution in [0.2, 0.25) is 0 Å². The van der Waals surface area contributed by atoms with Crippen molar-refractivity contribution in [2.45, 2.75) is 51.4 Å². The van der Waals surface area contributed by atoms with Gasteiger partial charge in [-0.25, -0.2) is 0 Å². The lowest BCUT2D eigenvalue weighted by molar-refractivity contribution is -0.137. The van der Waals surface area contributed by atoms with Crippen LogP contribution in [-0.2, 0) is 9.59 Å². The van der Waals surface area contributed by atoms with E-state index in [1.165, 1.54) is 0 Å². The lowest BCUT2D eigenvalue weighted by atomic mass is 9.89. The molecule has 5 heteroatoms. The Morgan fingerprint density at radius 3 is 2.46 bits per heavy atom. The molecule has 2 unspecified atom stereocenters. The van der Waals surface area contributed by atoms with Gasteiger partial charge in [-0.2, -0.15) is 0 Å². The monoisotopic (exact) mass is 357 g/mol. The van der Waals surface area contributed by atoms with E-state index in [1.807, 2.05) is 18.2 Å². The van der Waals surface area contributed by atoms with Gasteiger partial charge in [0.2, 0.25) is 5.91 Å². The third-order valence-corrected chi connectivity index (χ3v) is 5.04. The molecule has 2 atom stereocenters. The largest absolute Gasteiger partial charge is 0.481 e. The molecule has 26 heavy (non-hydrogen) atoms. The quantitative estimate of drug-likeness (QED) is 0.622. The highest BCUT2D eigenvalue weighted by atomic mass is 16.4. The molecule has 1 aromatic carbocycles. The Morgan fingerprint density at radius 2 is 1.81 bits per heavy atom. The Balaban J connectivity index is 1.82. The number of ketones is 1. The molecule has 1 aromatic rings. The molecule has 1 aliphatic rings. The van der Waals surface area contributed by atoms with Crippen LogP contribution in [0.4, 0.5) is 0 Å². The third kappa shape index (κ3) is 6.14. The van der Waals surface area contributed by atoms with Crippen LogP contribution in [-0.4, -0.2) is 22.8 Å². The highest BCUT2D eigenvalue weighted by molar-refractivity contribution is 5.92. The van der Waals surface area contributed by atoms with Gasteiger partial charge in [0.1, 0.15) is 5.78 Å². The Morgan fingerprint density at radius 1 is 1.12 bits per heavy atom. The minimum atomic E-state index is -0.745. The number of unbranched alkanes of at least 4 members (excludes halogenated alkanes) is 3. The van der Waals surface area contributed by atoms with Crippen molar-refractivity contribution in [1.29, 1.82) is 0 Å². The summed E-state index contributed by atoms with van der Waals surface area (Å²) in [4.78, 5) is 33.8. The molecular formula is C21H27NO4. The summed E-state index contributed by atoms with van der Waals surface area (Å²) in [7, 11) is 0. The molecule has 1 saturated carbocycles. The molecule has 3 N–H and O–H groups in total. The summed E-state index contributed by atoms with van der Waals surface area (Å²) in [5, 5.41) is 8.63. The summed E-state index contributed by atoms with van der Waals surface area (Å²) < 4.78 is 0. The molecule has 1 amide bonds. The number of amides is 1. The summed E-state index contributed by atoms with van der Waals surface area (Å²) >= 11 is 0. The first-order chi connectivity index (χ1) is 12.5. The summed E-state index contributed by atoms with van der Waals surface area (Å²) in [6, 6.07) is 7.11. The first-order valence-corrected chi connectivity index (χ1v) is 9.30. The average molecular weight is 357 g/mol. The Bertz CT molecular complexity index is 663. The summed E-state index contributed by atoms with van der Waals surface area (Å²) in [6.45, 7) is 0. The number of allylic oxidation sites excluding steroid dienone is 1. The molecule has 0 heterocycles. The van der Waals surface area contributed by atoms with Crippen LogP contribution in [0.25, 0.3) is 6.08 Å². The third-order valence-electron chi connectivity index (χ3n) is 5.04. The van der Waals surface area contributed by atoms with Gasteiger partial charge in [-0.05, 0) is 42.9 Å². The second-order valence-corrected chi connectivity index (χ2v) is 6.97. The number of hydrogen-bond donors (Lipinski definition) is 2. The van der Waals surface area contributed by atoms with Gasteiger partial charge in [0.05, 0.1) is 0 Å². The van der Waals surface area contributed by atoms with E-state index in [4.69, 9.17) is 10.8 Å². The Kier molecular flexibility index (Phi) is 7.57. The van der Waals surface area contributed by atoms with Gasteiger partial charge in [0, 0.05) is 24.3 Å². The molecular weight excluding hydrogens is 330 g/mol. The number of rotatable bonds is 10. The standard InChI is InChI=1S/C21H27NO4/c22-21(26)17-11-8-15(9-12-17)7-10-16-13-14-19(23)18(16)5-3-1-2-4-6-20(24)25/h7-12,16,18H,1-6,13-14H2,(H2,22,26)(H,24,25). The number of carbonyl (C=O) groups excluding carboxylic acids is 2. The minimum Gasteiger partial charge on any atom is -0.481 e. The fourth-order valence-electron chi connectivity index (χ4n) is 3.53. The van der Waals surface area contributed by atoms with Crippen LogP contribution in [0, 0.1) is 11.8 Å². The fourth-order valence-corrected chi connectivity index (χ4v) is 3.53. The van der Waals surface area contributed by atoms with E-state index < -0.39 is 11.9 Å². The minimum absolute atomic E-state index is 0.0793. The lowest BCUT2D eigenvalue weighted by Crippen LogP contribution is -2.13. The van der Waals surface area contributed by atoms with E-state index in [2.05, 4.69) is 6.08 Å². The normalized spacial score (nSPS) is 19.9. The summed E-state index contributed by atoms with van der Waals surface area (Å²) in [5.41, 5.74) is 6.71. The van der Waals surface area contributed by atoms with Crippen molar-refractivity contribution in [3.8, 4) is 0 Å². The van der Waals surface area contributed by atoms with E-state index in [0.717, 1.165) is 37.7 Å². The van der Waals surface area contributed by atoms with Crippen molar-refractivity contribution in [2.75, 3.05) is 0 Å². The van der Waals surface area contributed by atoms with Gasteiger partial charge in [0.15, 0.2) is 0 Å². The topological polar surface area (TPSA) is 97.5 Å². The van der Waals surface area contributed by atoms with Gasteiger partial charge >= 0.3 is 5.97 Å². The van der Waals surface area contributed by atoms with E-state index in [0.29, 0.717) is 24.2 Å². The van der Waals surface area contributed by atoms with Crippen molar-refractivity contribution in [3.05, 3.63) is 41.5 Å². The van der Waals surface area contributed by atoms with Gasteiger partial charge in [0.25, 0.3) is 0 Å². The number of primary amides is 1. The van der Waals surface area contributed by atoms with E-state index in [9.17, 15) is 14.4 Å². The number of Topliss-reactive ketones (excluding diaryl/α,β-unsaturated/α-hetero) is 1. The summed E-state index contributed by atoms with van der Waals surface area (Å²) in [5.74, 6) is -0.502. The molecule has 1 aliphatic carbocycles. The van der Waals surface area contributed by atoms with E-state index in [1.54, 1.807) is 12.1 Å². The highest BCUT2D eigenvalue weighted by Gasteiger charge is 2.32. The Hall–Kier alpha value is -2.43. The number of hydrogen-bond acceptors (Lipinski definition) is 3. The molecule has 0 spiro atoms. The fraction of sp³-hybridized carbons (Fsp3) is 0.476. The van der Waals surface area contributed by atoms with Gasteiger partial charge in [-0.1, -0.05) is 43.5 Å². The molecule has 140 valence electrons. The van der Waals surface area contributed by atoms with Crippen LogP contribution >= 0.6 is 0 Å². The number of carbonyl (C=O) groups is 3. The second kappa shape index (κ2) is 9.90. The molecule has 1 fully saturated rings. The zero-order chi connectivity index (χ0) is 18.9. The molecule has 2 rings (SSSR count). The predicted octanol–water partition coefficient (Wildman–Crippen LogP) is 3.82. The van der Waals surface area contributed by atoms with Crippen molar-refractivity contribution < 1.29 is 19.5 Å². The van der Waals surface area contributed by atoms with Crippen LogP contribution in [0.1, 0.15) is 67.3 Å². The number of carboxylic acids is 1. The van der Waals surface area contributed by atoms with Crippen molar-refractivity contribution in [3.63, 3.8) is 0 Å². The van der Waals surface area contributed by atoms with Crippen LogP contribution in [0.3, 0.4) is 0 Å². The van der Waals surface area contributed by atoms with Gasteiger partial charge in [-0.15, -0.1) is 0 Å². The molecule has 0 bridgehead atoms. The molecule has 0 aliphatic heterocycles. The second-order valence-electron chi connectivity index (χ2n) is 6.97. The number of carboxylic acid groups (broad SMARTS) is 1. The van der Waals surface area contributed by atoms with Gasteiger partial charge in [-0.3, -0.25) is 14.4 Å². The number of nitrogens with two attached hydrogens (primary N) is 1. The zero-order valence-electron chi connectivity index (χ0n) is 15.0. The highest BCUT2D eigenvalue weighted by Crippen LogP contribution is 2.34. The lowest BCUT2D eigenvalue weighted by Gasteiger charge is -2.14.